The van der Waals surface area contributed by atoms with E-state index in [1.54, 1.807) is 31.5 Å². The van der Waals surface area contributed by atoms with Gasteiger partial charge in [0, 0.05) is 5.69 Å². The molecule has 0 saturated heterocycles. The van der Waals surface area contributed by atoms with Crippen molar-refractivity contribution in [3.05, 3.63) is 71.9 Å². The molecule has 0 atom stereocenters. The summed E-state index contributed by atoms with van der Waals surface area (Å²) < 4.78 is 10.7. The molecule has 6 nitrogen and oxygen atoms in total. The van der Waals surface area contributed by atoms with Gasteiger partial charge in [-0.2, -0.15) is 0 Å². The third kappa shape index (κ3) is 5.23. The van der Waals surface area contributed by atoms with Crippen molar-refractivity contribution >= 4 is 23.1 Å². The number of benzene rings is 2. The number of carbonyl (C=O) groups excluding carboxylic acids is 1. The molecule has 0 spiro atoms. The number of ether oxygens (including phenoxy) is 2. The average Bonchev–Trinajstić information content (AvgIpc) is 2.67. The largest absolute Gasteiger partial charge is 0.493 e. The number of carbonyl (C=O) groups is 1. The van der Waals surface area contributed by atoms with Crippen LogP contribution in [-0.2, 0) is 4.79 Å². The van der Waals surface area contributed by atoms with Gasteiger partial charge in [-0.05, 0) is 61.4 Å². The lowest BCUT2D eigenvalue weighted by atomic mass is 10.1. The van der Waals surface area contributed by atoms with Gasteiger partial charge in [0.15, 0.2) is 18.1 Å². The van der Waals surface area contributed by atoms with E-state index in [-0.39, 0.29) is 12.5 Å². The summed E-state index contributed by atoms with van der Waals surface area (Å²) >= 11 is 0. The molecule has 3 rings (SSSR count). The van der Waals surface area contributed by atoms with Crippen LogP contribution in [0.5, 0.6) is 11.5 Å². The predicted molar refractivity (Wildman–Crippen MR) is 111 cm³/mol. The highest BCUT2D eigenvalue weighted by Gasteiger charge is 2.08. The maximum Gasteiger partial charge on any atom is 0.262 e. The molecule has 28 heavy (non-hydrogen) atoms. The van der Waals surface area contributed by atoms with Crippen molar-refractivity contribution < 1.29 is 14.3 Å². The first-order valence-corrected chi connectivity index (χ1v) is 8.90. The van der Waals surface area contributed by atoms with Crippen LogP contribution in [0.15, 0.2) is 60.8 Å². The van der Waals surface area contributed by atoms with Gasteiger partial charge in [0.2, 0.25) is 0 Å². The molecule has 0 radical (unpaired) electrons. The highest BCUT2D eigenvalue weighted by molar-refractivity contribution is 5.91. The molecule has 0 fully saturated rings. The fourth-order valence-electron chi connectivity index (χ4n) is 2.81. The number of pyridine rings is 1. The molecule has 6 heteroatoms. The Morgan fingerprint density at radius 1 is 0.964 bits per heavy atom. The molecule has 0 saturated carbocycles. The second kappa shape index (κ2) is 8.90. The van der Waals surface area contributed by atoms with Gasteiger partial charge in [-0.3, -0.25) is 4.79 Å². The summed E-state index contributed by atoms with van der Waals surface area (Å²) in [7, 11) is 1.56. The second-order valence-electron chi connectivity index (χ2n) is 6.42. The number of amides is 1. The Kier molecular flexibility index (Phi) is 6.11. The standard InChI is InChI=1S/C22H23N3O3/c1-15-10-16(2)12-18(11-15)24-21-9-8-17(13-23-21)25-22(26)14-28-20-7-5-4-6-19(20)27-3/h4-13H,14H2,1-3H3,(H,23,24)(H,25,26). The zero-order chi connectivity index (χ0) is 19.9. The molecule has 1 amide bonds. The molecule has 0 unspecified atom stereocenters. The van der Waals surface area contributed by atoms with Crippen molar-refractivity contribution in [2.45, 2.75) is 13.8 Å². The first kappa shape index (κ1) is 19.2. The Morgan fingerprint density at radius 3 is 2.32 bits per heavy atom. The molecule has 2 aromatic carbocycles. The zero-order valence-corrected chi connectivity index (χ0v) is 16.2. The van der Waals surface area contributed by atoms with E-state index in [0.29, 0.717) is 23.0 Å². The Morgan fingerprint density at radius 2 is 1.68 bits per heavy atom. The van der Waals surface area contributed by atoms with Gasteiger partial charge in [0.25, 0.3) is 5.91 Å². The highest BCUT2D eigenvalue weighted by Crippen LogP contribution is 2.25. The molecule has 0 aliphatic carbocycles. The van der Waals surface area contributed by atoms with Gasteiger partial charge in [-0.1, -0.05) is 18.2 Å². The van der Waals surface area contributed by atoms with Gasteiger partial charge in [0.05, 0.1) is 19.0 Å². The van der Waals surface area contributed by atoms with E-state index in [1.165, 1.54) is 11.1 Å². The molecular formula is C22H23N3O3. The third-order valence-electron chi connectivity index (χ3n) is 3.97. The minimum Gasteiger partial charge on any atom is -0.493 e. The minimum atomic E-state index is -0.275. The molecule has 1 heterocycles. The minimum absolute atomic E-state index is 0.122. The summed E-state index contributed by atoms with van der Waals surface area (Å²) in [6.45, 7) is 3.98. The van der Waals surface area contributed by atoms with Crippen LogP contribution in [0, 0.1) is 13.8 Å². The quantitative estimate of drug-likeness (QED) is 0.636. The Bertz CT molecular complexity index is 935. The maximum absolute atomic E-state index is 12.1. The average molecular weight is 377 g/mol. The summed E-state index contributed by atoms with van der Waals surface area (Å²) in [6.07, 6.45) is 1.60. The van der Waals surface area contributed by atoms with Crippen LogP contribution in [0.3, 0.4) is 0 Å². The monoisotopic (exact) mass is 377 g/mol. The van der Waals surface area contributed by atoms with E-state index >= 15 is 0 Å². The van der Waals surface area contributed by atoms with E-state index in [0.717, 1.165) is 5.69 Å². The number of anilines is 3. The van der Waals surface area contributed by atoms with Gasteiger partial charge in [-0.25, -0.2) is 4.98 Å². The summed E-state index contributed by atoms with van der Waals surface area (Å²) in [5, 5.41) is 6.03. The number of rotatable bonds is 7. The Balaban J connectivity index is 1.55. The molecule has 0 aliphatic rings. The van der Waals surface area contributed by atoms with E-state index in [9.17, 15) is 4.79 Å². The lowest BCUT2D eigenvalue weighted by molar-refractivity contribution is -0.118. The van der Waals surface area contributed by atoms with E-state index in [1.807, 2.05) is 18.2 Å². The molecule has 144 valence electrons. The smallest absolute Gasteiger partial charge is 0.262 e. The number of nitrogens with zero attached hydrogens (tertiary/aromatic N) is 1. The molecule has 0 bridgehead atoms. The van der Waals surface area contributed by atoms with Crippen LogP contribution < -0.4 is 20.1 Å². The molecule has 1 aromatic heterocycles. The summed E-state index contributed by atoms with van der Waals surface area (Å²) in [5.41, 5.74) is 3.94. The van der Waals surface area contributed by atoms with Crippen molar-refractivity contribution in [3.8, 4) is 11.5 Å². The summed E-state index contributed by atoms with van der Waals surface area (Å²) in [6, 6.07) is 17.0. The Labute approximate surface area is 164 Å². The van der Waals surface area contributed by atoms with Gasteiger partial charge >= 0.3 is 0 Å². The summed E-state index contributed by atoms with van der Waals surface area (Å²) in [5.74, 6) is 1.53. The highest BCUT2D eigenvalue weighted by atomic mass is 16.5. The lowest BCUT2D eigenvalue weighted by Crippen LogP contribution is -2.20. The fraction of sp³-hybridized carbons (Fsp3) is 0.182. The van der Waals surface area contributed by atoms with Crippen LogP contribution in [0.25, 0.3) is 0 Å². The third-order valence-corrected chi connectivity index (χ3v) is 3.97. The SMILES string of the molecule is COc1ccccc1OCC(=O)Nc1ccc(Nc2cc(C)cc(C)c2)nc1. The van der Waals surface area contributed by atoms with E-state index < -0.39 is 0 Å². The topological polar surface area (TPSA) is 72.5 Å². The van der Waals surface area contributed by atoms with E-state index in [2.05, 4.69) is 47.7 Å². The lowest BCUT2D eigenvalue weighted by Gasteiger charge is -2.11. The van der Waals surface area contributed by atoms with Gasteiger partial charge < -0.3 is 20.1 Å². The molecule has 0 aliphatic heterocycles. The summed E-state index contributed by atoms with van der Waals surface area (Å²) in [4.78, 5) is 16.5. The number of para-hydroxylation sites is 2. The van der Waals surface area contributed by atoms with Crippen LogP contribution in [0.1, 0.15) is 11.1 Å². The number of nitrogens with one attached hydrogen (secondary N) is 2. The number of aryl methyl sites for hydroxylation is 2. The number of hydrogen-bond acceptors (Lipinski definition) is 5. The van der Waals surface area contributed by atoms with Crippen LogP contribution >= 0.6 is 0 Å². The van der Waals surface area contributed by atoms with Gasteiger partial charge in [-0.15, -0.1) is 0 Å². The van der Waals surface area contributed by atoms with Crippen molar-refractivity contribution in [2.24, 2.45) is 0 Å². The molecule has 3 aromatic rings. The normalized spacial score (nSPS) is 10.2. The predicted octanol–water partition coefficient (Wildman–Crippen LogP) is 4.47. The molecule has 2 N–H and O–H groups in total. The van der Waals surface area contributed by atoms with Crippen LogP contribution in [0.2, 0.25) is 0 Å². The van der Waals surface area contributed by atoms with Crippen LogP contribution in [0.4, 0.5) is 17.2 Å². The van der Waals surface area contributed by atoms with E-state index in [4.69, 9.17) is 9.47 Å². The van der Waals surface area contributed by atoms with Crippen molar-refractivity contribution in [1.29, 1.82) is 0 Å². The zero-order valence-electron chi connectivity index (χ0n) is 16.2. The first-order valence-electron chi connectivity index (χ1n) is 8.90. The van der Waals surface area contributed by atoms with Crippen LogP contribution in [-0.4, -0.2) is 24.6 Å². The van der Waals surface area contributed by atoms with Gasteiger partial charge in [0.1, 0.15) is 5.82 Å². The second-order valence-corrected chi connectivity index (χ2v) is 6.42. The van der Waals surface area contributed by atoms with Crippen molar-refractivity contribution in [1.82, 2.24) is 4.98 Å². The van der Waals surface area contributed by atoms with Crippen molar-refractivity contribution in [3.63, 3.8) is 0 Å². The molecular weight excluding hydrogens is 354 g/mol. The maximum atomic E-state index is 12.1. The first-order chi connectivity index (χ1) is 13.5. The van der Waals surface area contributed by atoms with Crippen molar-refractivity contribution in [2.75, 3.05) is 24.4 Å². The Hall–Kier alpha value is -3.54. The fourth-order valence-corrected chi connectivity index (χ4v) is 2.81. The number of hydrogen-bond donors (Lipinski definition) is 2. The number of methoxy groups -OCH3 is 1. The number of aromatic nitrogens is 1.